The Morgan fingerprint density at radius 1 is 1.53 bits per heavy atom. The molecule has 0 radical (unpaired) electrons. The number of rotatable bonds is 4. The fourth-order valence-electron chi connectivity index (χ4n) is 2.40. The number of thioether (sulfide) groups is 1. The van der Waals surface area contributed by atoms with Crippen molar-refractivity contribution in [1.29, 1.82) is 0 Å². The normalized spacial score (nSPS) is 21.5. The smallest absolute Gasteiger partial charge is 0.0511 e. The Kier molecular flexibility index (Phi) is 5.60. The van der Waals surface area contributed by atoms with Gasteiger partial charge in [-0.3, -0.25) is 0 Å². The summed E-state index contributed by atoms with van der Waals surface area (Å²) in [6.07, 6.45) is 1.26. The second-order valence-corrected chi connectivity index (χ2v) is 7.33. The summed E-state index contributed by atoms with van der Waals surface area (Å²) >= 11 is 5.86. The van der Waals surface area contributed by atoms with E-state index in [1.54, 1.807) is 0 Å². The molecule has 19 heavy (non-hydrogen) atoms. The van der Waals surface area contributed by atoms with Crippen LogP contribution >= 0.6 is 27.7 Å². The molecule has 4 heteroatoms. The molecule has 1 heterocycles. The van der Waals surface area contributed by atoms with Crippen LogP contribution < -0.4 is 10.2 Å². The van der Waals surface area contributed by atoms with Crippen molar-refractivity contribution in [3.05, 3.63) is 28.2 Å². The maximum absolute atomic E-state index is 3.75. The zero-order valence-electron chi connectivity index (χ0n) is 11.9. The average Bonchev–Trinajstić information content (AvgIpc) is 2.46. The van der Waals surface area contributed by atoms with Crippen LogP contribution in [0.5, 0.6) is 0 Å². The lowest BCUT2D eigenvalue weighted by atomic mass is 10.1. The highest BCUT2D eigenvalue weighted by atomic mass is 79.9. The summed E-state index contributed by atoms with van der Waals surface area (Å²) < 4.78 is 1.22. The largest absolute Gasteiger partial charge is 0.369 e. The van der Waals surface area contributed by atoms with Crippen LogP contribution in [0.2, 0.25) is 0 Å². The number of benzene rings is 1. The van der Waals surface area contributed by atoms with Crippen LogP contribution in [0.4, 0.5) is 5.69 Å². The fraction of sp³-hybridized carbons (Fsp3) is 0.600. The summed E-state index contributed by atoms with van der Waals surface area (Å²) in [7, 11) is 2.00. The third kappa shape index (κ3) is 3.67. The monoisotopic (exact) mass is 342 g/mol. The summed E-state index contributed by atoms with van der Waals surface area (Å²) in [5.41, 5.74) is 2.67. The number of nitrogens with one attached hydrogen (secondary N) is 1. The summed E-state index contributed by atoms with van der Waals surface area (Å²) in [6, 6.07) is 7.14. The fourth-order valence-corrected chi connectivity index (χ4v) is 4.23. The number of halogens is 1. The van der Waals surface area contributed by atoms with E-state index in [0.717, 1.165) is 11.8 Å². The van der Waals surface area contributed by atoms with Gasteiger partial charge in [0.2, 0.25) is 0 Å². The molecule has 2 rings (SSSR count). The number of anilines is 1. The van der Waals surface area contributed by atoms with Crippen molar-refractivity contribution in [3.63, 3.8) is 0 Å². The standard InChI is InChI=1S/C15H23BrN2S/c1-4-13-10-18(7-8-19-13)15-6-5-12(9-14(15)16)11(2)17-3/h5-6,9,11,13,17H,4,7-8,10H2,1-3H3. The molecule has 2 unspecified atom stereocenters. The Hall–Kier alpha value is -0.190. The van der Waals surface area contributed by atoms with Crippen molar-refractivity contribution in [2.24, 2.45) is 0 Å². The molecule has 0 saturated carbocycles. The highest BCUT2D eigenvalue weighted by Crippen LogP contribution is 2.32. The number of hydrogen-bond acceptors (Lipinski definition) is 3. The lowest BCUT2D eigenvalue weighted by Gasteiger charge is -2.34. The van der Waals surface area contributed by atoms with Crippen LogP contribution in [-0.2, 0) is 0 Å². The molecule has 1 N–H and O–H groups in total. The molecule has 1 aromatic rings. The molecule has 2 nitrogen and oxygen atoms in total. The van der Waals surface area contributed by atoms with Gasteiger partial charge in [0.15, 0.2) is 0 Å². The van der Waals surface area contributed by atoms with Crippen LogP contribution in [0.25, 0.3) is 0 Å². The molecule has 1 aliphatic heterocycles. The molecule has 1 fully saturated rings. The molecule has 0 bridgehead atoms. The van der Waals surface area contributed by atoms with Crippen molar-refractivity contribution in [1.82, 2.24) is 5.32 Å². The first-order valence-corrected chi connectivity index (χ1v) is 8.83. The molecule has 2 atom stereocenters. The Morgan fingerprint density at radius 3 is 2.95 bits per heavy atom. The first-order chi connectivity index (χ1) is 9.15. The Morgan fingerprint density at radius 2 is 2.32 bits per heavy atom. The number of hydrogen-bond donors (Lipinski definition) is 1. The minimum atomic E-state index is 0.394. The maximum atomic E-state index is 3.75. The van der Waals surface area contributed by atoms with Gasteiger partial charge in [0.1, 0.15) is 0 Å². The zero-order chi connectivity index (χ0) is 13.8. The van der Waals surface area contributed by atoms with E-state index in [2.05, 4.69) is 70.0 Å². The molecule has 1 saturated heterocycles. The quantitative estimate of drug-likeness (QED) is 0.888. The second kappa shape index (κ2) is 7.00. The Balaban J connectivity index is 2.16. The van der Waals surface area contributed by atoms with Gasteiger partial charge < -0.3 is 10.2 Å². The van der Waals surface area contributed by atoms with Gasteiger partial charge in [0.25, 0.3) is 0 Å². The highest BCUT2D eigenvalue weighted by Gasteiger charge is 2.20. The average molecular weight is 343 g/mol. The van der Waals surface area contributed by atoms with Gasteiger partial charge in [-0.15, -0.1) is 0 Å². The van der Waals surface area contributed by atoms with E-state index in [0.29, 0.717) is 6.04 Å². The minimum Gasteiger partial charge on any atom is -0.369 e. The van der Waals surface area contributed by atoms with Crippen molar-refractivity contribution >= 4 is 33.4 Å². The molecule has 0 amide bonds. The van der Waals surface area contributed by atoms with Gasteiger partial charge in [-0.2, -0.15) is 11.8 Å². The third-order valence-corrected chi connectivity index (χ3v) is 5.85. The van der Waals surface area contributed by atoms with E-state index in [9.17, 15) is 0 Å². The van der Waals surface area contributed by atoms with E-state index in [-0.39, 0.29) is 0 Å². The molecule has 1 aromatic carbocycles. The van der Waals surface area contributed by atoms with Crippen molar-refractivity contribution in [3.8, 4) is 0 Å². The predicted octanol–water partition coefficient (Wildman–Crippen LogP) is 4.06. The molecule has 0 spiro atoms. The van der Waals surface area contributed by atoms with Gasteiger partial charge in [-0.1, -0.05) is 13.0 Å². The Bertz CT molecular complexity index is 425. The molecule has 1 aliphatic rings. The Labute approximate surface area is 129 Å². The van der Waals surface area contributed by atoms with Crippen molar-refractivity contribution < 1.29 is 0 Å². The van der Waals surface area contributed by atoms with Crippen LogP contribution in [0, 0.1) is 0 Å². The van der Waals surface area contributed by atoms with Crippen LogP contribution in [0.3, 0.4) is 0 Å². The van der Waals surface area contributed by atoms with E-state index in [1.165, 1.54) is 34.4 Å². The molecule has 0 aliphatic carbocycles. The topological polar surface area (TPSA) is 15.3 Å². The predicted molar refractivity (Wildman–Crippen MR) is 90.4 cm³/mol. The van der Waals surface area contributed by atoms with Crippen molar-refractivity contribution in [2.75, 3.05) is 30.8 Å². The molecular formula is C15H23BrN2S. The van der Waals surface area contributed by atoms with E-state index < -0.39 is 0 Å². The SMILES string of the molecule is CCC1CN(c2ccc(C(C)NC)cc2Br)CCS1. The molecular weight excluding hydrogens is 320 g/mol. The van der Waals surface area contributed by atoms with E-state index >= 15 is 0 Å². The van der Waals surface area contributed by atoms with Gasteiger partial charge >= 0.3 is 0 Å². The minimum absolute atomic E-state index is 0.394. The zero-order valence-corrected chi connectivity index (χ0v) is 14.4. The second-order valence-electron chi connectivity index (χ2n) is 5.07. The molecule has 0 aromatic heterocycles. The van der Waals surface area contributed by atoms with E-state index in [4.69, 9.17) is 0 Å². The summed E-state index contributed by atoms with van der Waals surface area (Å²) in [5.74, 6) is 1.24. The summed E-state index contributed by atoms with van der Waals surface area (Å²) in [5, 5.41) is 4.06. The lowest BCUT2D eigenvalue weighted by molar-refractivity contribution is 0.651. The summed E-state index contributed by atoms with van der Waals surface area (Å²) in [4.78, 5) is 2.52. The third-order valence-electron chi connectivity index (χ3n) is 3.84. The molecule has 106 valence electrons. The van der Waals surface area contributed by atoms with Crippen LogP contribution in [-0.4, -0.2) is 31.1 Å². The van der Waals surface area contributed by atoms with Gasteiger partial charge in [-0.05, 0) is 54.0 Å². The summed E-state index contributed by atoms with van der Waals surface area (Å²) in [6.45, 7) is 6.79. The van der Waals surface area contributed by atoms with Crippen LogP contribution in [0.1, 0.15) is 31.9 Å². The first kappa shape index (κ1) is 15.2. The van der Waals surface area contributed by atoms with Crippen molar-refractivity contribution in [2.45, 2.75) is 31.6 Å². The number of nitrogens with zero attached hydrogens (tertiary/aromatic N) is 1. The van der Waals surface area contributed by atoms with Crippen LogP contribution in [0.15, 0.2) is 22.7 Å². The highest BCUT2D eigenvalue weighted by molar-refractivity contribution is 9.10. The van der Waals surface area contributed by atoms with Gasteiger partial charge in [0, 0.05) is 34.6 Å². The lowest BCUT2D eigenvalue weighted by Crippen LogP contribution is -2.37. The van der Waals surface area contributed by atoms with E-state index in [1.807, 2.05) is 7.05 Å². The first-order valence-electron chi connectivity index (χ1n) is 6.99. The maximum Gasteiger partial charge on any atom is 0.0511 e. The van der Waals surface area contributed by atoms with Gasteiger partial charge in [-0.25, -0.2) is 0 Å². The van der Waals surface area contributed by atoms with Gasteiger partial charge in [0.05, 0.1) is 5.69 Å².